The van der Waals surface area contributed by atoms with E-state index in [1.807, 2.05) is 71.3 Å². The molecule has 9 heteroatoms. The van der Waals surface area contributed by atoms with Crippen LogP contribution in [-0.2, 0) is 0 Å². The summed E-state index contributed by atoms with van der Waals surface area (Å²) in [5, 5.41) is 13.6. The van der Waals surface area contributed by atoms with Gasteiger partial charge in [-0.15, -0.1) is 0 Å². The number of amides is 1. The predicted molar refractivity (Wildman–Crippen MR) is 123 cm³/mol. The molecule has 5 rings (SSSR count). The van der Waals surface area contributed by atoms with E-state index >= 15 is 0 Å². The predicted octanol–water partition coefficient (Wildman–Crippen LogP) is 4.90. The van der Waals surface area contributed by atoms with Gasteiger partial charge in [0.15, 0.2) is 5.65 Å². The van der Waals surface area contributed by atoms with Crippen molar-refractivity contribution in [3.8, 4) is 5.69 Å². The summed E-state index contributed by atoms with van der Waals surface area (Å²) < 4.78 is 2.83. The number of hydrogen-bond acceptors (Lipinski definition) is 5. The molecule has 0 radical (unpaired) electrons. The second kappa shape index (κ2) is 8.04. The Morgan fingerprint density at radius 3 is 2.52 bits per heavy atom. The lowest BCUT2D eigenvalue weighted by molar-refractivity contribution is 0.102. The molecule has 0 aliphatic heterocycles. The molecular weight excluding hydrogens is 458 g/mol. The van der Waals surface area contributed by atoms with E-state index in [4.69, 9.17) is 0 Å². The van der Waals surface area contributed by atoms with Crippen LogP contribution in [0.3, 0.4) is 0 Å². The highest BCUT2D eigenvalue weighted by atomic mass is 79.9. The van der Waals surface area contributed by atoms with Crippen LogP contribution in [0.25, 0.3) is 16.7 Å². The first-order chi connectivity index (χ1) is 15.2. The van der Waals surface area contributed by atoms with Crippen molar-refractivity contribution in [2.24, 2.45) is 0 Å². The molecule has 3 N–H and O–H groups in total. The SMILES string of the molecule is O=C(Nc1ccccc1)c1[nH]ncc1Nc1ncnc2c1cc(Br)n2-c1ccccc1. The largest absolute Gasteiger partial charge is 0.336 e. The number of para-hydroxylation sites is 2. The highest BCUT2D eigenvalue weighted by Gasteiger charge is 2.18. The molecule has 0 bridgehead atoms. The lowest BCUT2D eigenvalue weighted by atomic mass is 10.3. The Morgan fingerprint density at radius 2 is 1.74 bits per heavy atom. The van der Waals surface area contributed by atoms with Gasteiger partial charge in [-0.05, 0) is 46.3 Å². The first-order valence-electron chi connectivity index (χ1n) is 9.45. The average molecular weight is 474 g/mol. The highest BCUT2D eigenvalue weighted by Crippen LogP contribution is 2.31. The van der Waals surface area contributed by atoms with Crippen molar-refractivity contribution in [1.82, 2.24) is 24.7 Å². The Kier molecular flexibility index (Phi) is 4.93. The molecule has 8 nitrogen and oxygen atoms in total. The molecule has 2 aromatic carbocycles. The summed E-state index contributed by atoms with van der Waals surface area (Å²) in [6.45, 7) is 0. The van der Waals surface area contributed by atoms with Gasteiger partial charge in [0.05, 0.1) is 21.9 Å². The van der Waals surface area contributed by atoms with Crippen molar-refractivity contribution in [2.45, 2.75) is 0 Å². The van der Waals surface area contributed by atoms with E-state index in [9.17, 15) is 4.79 Å². The molecule has 0 unspecified atom stereocenters. The van der Waals surface area contributed by atoms with Gasteiger partial charge in [0.1, 0.15) is 17.8 Å². The van der Waals surface area contributed by atoms with Gasteiger partial charge in [-0.25, -0.2) is 9.97 Å². The second-order valence-electron chi connectivity index (χ2n) is 6.70. The lowest BCUT2D eigenvalue weighted by Crippen LogP contribution is -2.14. The summed E-state index contributed by atoms with van der Waals surface area (Å²) in [4.78, 5) is 21.6. The molecule has 0 aliphatic rings. The van der Waals surface area contributed by atoms with Crippen LogP contribution in [0.5, 0.6) is 0 Å². The van der Waals surface area contributed by atoms with Crippen molar-refractivity contribution < 1.29 is 4.79 Å². The molecular formula is C22H16BrN7O. The zero-order chi connectivity index (χ0) is 21.2. The van der Waals surface area contributed by atoms with Gasteiger partial charge in [-0.1, -0.05) is 36.4 Å². The van der Waals surface area contributed by atoms with E-state index in [0.717, 1.165) is 21.3 Å². The van der Waals surface area contributed by atoms with Gasteiger partial charge in [0.2, 0.25) is 0 Å². The third-order valence-corrected chi connectivity index (χ3v) is 5.30. The molecule has 1 amide bonds. The van der Waals surface area contributed by atoms with Crippen LogP contribution in [0.2, 0.25) is 0 Å². The monoisotopic (exact) mass is 473 g/mol. The van der Waals surface area contributed by atoms with E-state index < -0.39 is 0 Å². The first-order valence-corrected chi connectivity index (χ1v) is 10.2. The lowest BCUT2D eigenvalue weighted by Gasteiger charge is -2.09. The number of benzene rings is 2. The third-order valence-electron chi connectivity index (χ3n) is 4.72. The number of nitrogens with one attached hydrogen (secondary N) is 3. The minimum absolute atomic E-state index is 0.303. The van der Waals surface area contributed by atoms with Gasteiger partial charge in [-0.3, -0.25) is 14.5 Å². The van der Waals surface area contributed by atoms with Gasteiger partial charge < -0.3 is 10.6 Å². The zero-order valence-corrected chi connectivity index (χ0v) is 17.7. The average Bonchev–Trinajstić information content (AvgIpc) is 3.39. The van der Waals surface area contributed by atoms with Gasteiger partial charge in [-0.2, -0.15) is 5.10 Å². The van der Waals surface area contributed by atoms with Crippen molar-refractivity contribution >= 4 is 50.1 Å². The summed E-state index contributed by atoms with van der Waals surface area (Å²) in [7, 11) is 0. The quantitative estimate of drug-likeness (QED) is 0.337. The van der Waals surface area contributed by atoms with Crippen LogP contribution in [0.4, 0.5) is 17.2 Å². The van der Waals surface area contributed by atoms with E-state index in [1.165, 1.54) is 6.33 Å². The molecule has 0 atom stereocenters. The Bertz CT molecular complexity index is 1360. The molecule has 3 aromatic heterocycles. The Balaban J connectivity index is 1.49. The second-order valence-corrected chi connectivity index (χ2v) is 7.51. The van der Waals surface area contributed by atoms with Crippen LogP contribution in [0, 0.1) is 0 Å². The molecule has 152 valence electrons. The highest BCUT2D eigenvalue weighted by molar-refractivity contribution is 9.10. The van der Waals surface area contributed by atoms with Crippen LogP contribution in [-0.4, -0.2) is 30.6 Å². The number of halogens is 1. The zero-order valence-electron chi connectivity index (χ0n) is 16.1. The molecule has 3 heterocycles. The summed E-state index contributed by atoms with van der Waals surface area (Å²) >= 11 is 3.62. The third kappa shape index (κ3) is 3.66. The fourth-order valence-corrected chi connectivity index (χ4v) is 3.90. The summed E-state index contributed by atoms with van der Waals surface area (Å²) in [5.74, 6) is 0.259. The molecule has 0 fully saturated rings. The smallest absolute Gasteiger partial charge is 0.275 e. The Morgan fingerprint density at radius 1 is 1.00 bits per heavy atom. The standard InChI is InChI=1S/C22H16BrN7O/c23-18-11-16-20(24-13-25-21(16)30(18)15-9-5-2-6-10-15)28-17-12-26-29-19(17)22(31)27-14-7-3-1-4-8-14/h1-13H,(H,26,29)(H,27,31)(H,24,25,28). The van der Waals surface area contributed by atoms with E-state index in [0.29, 0.717) is 22.9 Å². The van der Waals surface area contributed by atoms with E-state index in [1.54, 1.807) is 6.20 Å². The topological polar surface area (TPSA) is 101 Å². The first kappa shape index (κ1) is 19.0. The molecule has 31 heavy (non-hydrogen) atoms. The molecule has 0 saturated carbocycles. The number of aromatic amines is 1. The number of aromatic nitrogens is 5. The number of carbonyl (C=O) groups excluding carboxylic acids is 1. The van der Waals surface area contributed by atoms with Gasteiger partial charge in [0.25, 0.3) is 5.91 Å². The number of rotatable bonds is 5. The van der Waals surface area contributed by atoms with Crippen molar-refractivity contribution in [1.29, 1.82) is 0 Å². The number of fused-ring (bicyclic) bond motifs is 1. The number of hydrogen-bond donors (Lipinski definition) is 3. The molecule has 0 saturated heterocycles. The van der Waals surface area contributed by atoms with Crippen LogP contribution in [0.15, 0.2) is 83.9 Å². The van der Waals surface area contributed by atoms with Crippen molar-refractivity contribution in [3.63, 3.8) is 0 Å². The normalized spacial score (nSPS) is 10.9. The van der Waals surface area contributed by atoms with Crippen molar-refractivity contribution in [3.05, 3.63) is 89.6 Å². The van der Waals surface area contributed by atoms with Crippen molar-refractivity contribution in [2.75, 3.05) is 10.6 Å². The molecule has 5 aromatic rings. The maximum absolute atomic E-state index is 12.7. The van der Waals surface area contributed by atoms with Crippen LogP contribution >= 0.6 is 15.9 Å². The number of anilines is 3. The fraction of sp³-hybridized carbons (Fsp3) is 0. The number of H-pyrrole nitrogens is 1. The fourth-order valence-electron chi connectivity index (χ4n) is 3.30. The van der Waals surface area contributed by atoms with Crippen LogP contribution < -0.4 is 10.6 Å². The summed E-state index contributed by atoms with van der Waals surface area (Å²) in [6.07, 6.45) is 3.04. The molecule has 0 aliphatic carbocycles. The van der Waals surface area contributed by atoms with E-state index in [-0.39, 0.29) is 5.91 Å². The minimum Gasteiger partial charge on any atom is -0.336 e. The summed E-state index contributed by atoms with van der Waals surface area (Å²) in [5.41, 5.74) is 3.21. The van der Waals surface area contributed by atoms with Gasteiger partial charge in [0, 0.05) is 11.4 Å². The Labute approximate surface area is 185 Å². The maximum atomic E-state index is 12.7. The van der Waals surface area contributed by atoms with E-state index in [2.05, 4.69) is 46.7 Å². The number of nitrogens with zero attached hydrogens (tertiary/aromatic N) is 4. The minimum atomic E-state index is -0.306. The Hall–Kier alpha value is -3.98. The van der Waals surface area contributed by atoms with Crippen LogP contribution in [0.1, 0.15) is 10.5 Å². The maximum Gasteiger partial charge on any atom is 0.275 e. The molecule has 0 spiro atoms. The summed E-state index contributed by atoms with van der Waals surface area (Å²) in [6, 6.07) is 21.1. The van der Waals surface area contributed by atoms with Gasteiger partial charge >= 0.3 is 0 Å². The number of carbonyl (C=O) groups is 1.